The zero-order valence-electron chi connectivity index (χ0n) is 6.37. The number of carbonyl (C=O) groups excluding carboxylic acids is 1. The SMILES string of the molecule is CC(N)=O.CC(O)CCO. The Kier molecular flexibility index (Phi) is 10.2. The molecule has 0 spiro atoms. The molecule has 0 aliphatic heterocycles. The fourth-order valence-electron chi connectivity index (χ4n) is 0.187. The number of aliphatic hydroxyl groups excluding tert-OH is 2. The highest BCUT2D eigenvalue weighted by Crippen LogP contribution is 1.83. The second-order valence-electron chi connectivity index (χ2n) is 1.97. The van der Waals surface area contributed by atoms with Crippen LogP contribution in [0.4, 0.5) is 0 Å². The van der Waals surface area contributed by atoms with Gasteiger partial charge in [-0.2, -0.15) is 0 Å². The summed E-state index contributed by atoms with van der Waals surface area (Å²) in [4.78, 5) is 9.22. The maximum atomic E-state index is 9.22. The zero-order valence-corrected chi connectivity index (χ0v) is 6.37. The first-order chi connectivity index (χ1) is 4.50. The van der Waals surface area contributed by atoms with E-state index in [1.165, 1.54) is 6.92 Å². The summed E-state index contributed by atoms with van der Waals surface area (Å²) in [6.07, 6.45) is 0.134. The van der Waals surface area contributed by atoms with Gasteiger partial charge in [0.25, 0.3) is 0 Å². The minimum atomic E-state index is -0.352. The lowest BCUT2D eigenvalue weighted by atomic mass is 10.3. The summed E-state index contributed by atoms with van der Waals surface area (Å²) in [5.41, 5.74) is 4.47. The number of primary amides is 1. The van der Waals surface area contributed by atoms with Crippen LogP contribution in [0.25, 0.3) is 0 Å². The van der Waals surface area contributed by atoms with Crippen molar-refractivity contribution in [1.29, 1.82) is 0 Å². The molecule has 62 valence electrons. The van der Waals surface area contributed by atoms with E-state index in [2.05, 4.69) is 5.73 Å². The number of aliphatic hydroxyl groups is 2. The van der Waals surface area contributed by atoms with E-state index >= 15 is 0 Å². The summed E-state index contributed by atoms with van der Waals surface area (Å²) in [6, 6.07) is 0. The van der Waals surface area contributed by atoms with Crippen LogP contribution >= 0.6 is 0 Å². The van der Waals surface area contributed by atoms with E-state index in [-0.39, 0.29) is 18.6 Å². The number of carbonyl (C=O) groups is 1. The first kappa shape index (κ1) is 12.1. The lowest BCUT2D eigenvalue weighted by Crippen LogP contribution is -2.01. The van der Waals surface area contributed by atoms with Gasteiger partial charge in [0.1, 0.15) is 0 Å². The van der Waals surface area contributed by atoms with Crippen LogP contribution in [0.15, 0.2) is 0 Å². The van der Waals surface area contributed by atoms with Crippen molar-refractivity contribution in [2.45, 2.75) is 26.4 Å². The van der Waals surface area contributed by atoms with Crippen molar-refractivity contribution in [2.24, 2.45) is 5.73 Å². The Balaban J connectivity index is 0. The molecule has 0 aliphatic rings. The second kappa shape index (κ2) is 8.39. The standard InChI is InChI=1S/C4H10O2.C2H5NO/c1-4(6)2-3-5;1-2(3)4/h4-6H,2-3H2,1H3;1H3,(H2,3,4). The fraction of sp³-hybridized carbons (Fsp3) is 0.833. The Morgan fingerprint density at radius 3 is 2.00 bits per heavy atom. The van der Waals surface area contributed by atoms with Crippen LogP contribution < -0.4 is 5.73 Å². The first-order valence-electron chi connectivity index (χ1n) is 3.05. The van der Waals surface area contributed by atoms with Gasteiger partial charge in [-0.1, -0.05) is 0 Å². The molecule has 4 N–H and O–H groups in total. The van der Waals surface area contributed by atoms with Crippen molar-refractivity contribution in [3.63, 3.8) is 0 Å². The van der Waals surface area contributed by atoms with E-state index < -0.39 is 0 Å². The van der Waals surface area contributed by atoms with Crippen LogP contribution in [0.1, 0.15) is 20.3 Å². The molecule has 0 radical (unpaired) electrons. The molecule has 10 heavy (non-hydrogen) atoms. The van der Waals surface area contributed by atoms with E-state index in [4.69, 9.17) is 10.2 Å². The molecule has 0 fully saturated rings. The van der Waals surface area contributed by atoms with E-state index in [0.717, 1.165) is 0 Å². The number of rotatable bonds is 2. The molecule has 0 heterocycles. The summed E-state index contributed by atoms with van der Waals surface area (Å²) in [6.45, 7) is 3.04. The second-order valence-corrected chi connectivity index (χ2v) is 1.97. The highest BCUT2D eigenvalue weighted by Gasteiger charge is 1.88. The third-order valence-corrected chi connectivity index (χ3v) is 0.547. The Bertz CT molecular complexity index is 79.1. The summed E-state index contributed by atoms with van der Waals surface area (Å²) in [5, 5.41) is 16.5. The van der Waals surface area contributed by atoms with Gasteiger partial charge in [0.15, 0.2) is 0 Å². The molecular weight excluding hydrogens is 134 g/mol. The van der Waals surface area contributed by atoms with Crippen molar-refractivity contribution in [3.05, 3.63) is 0 Å². The van der Waals surface area contributed by atoms with Crippen molar-refractivity contribution in [3.8, 4) is 0 Å². The van der Waals surface area contributed by atoms with E-state index in [1.54, 1.807) is 6.92 Å². The highest BCUT2D eigenvalue weighted by molar-refractivity contribution is 5.70. The third-order valence-electron chi connectivity index (χ3n) is 0.547. The van der Waals surface area contributed by atoms with Crippen LogP contribution in [-0.4, -0.2) is 28.8 Å². The molecule has 4 heteroatoms. The minimum Gasteiger partial charge on any atom is -0.396 e. The van der Waals surface area contributed by atoms with Crippen LogP contribution in [0.3, 0.4) is 0 Å². The van der Waals surface area contributed by atoms with Crippen molar-refractivity contribution < 1.29 is 15.0 Å². The normalized spacial score (nSPS) is 11.2. The van der Waals surface area contributed by atoms with Crippen molar-refractivity contribution in [1.82, 2.24) is 0 Å². The average molecular weight is 149 g/mol. The molecule has 0 bridgehead atoms. The molecule has 1 unspecified atom stereocenters. The smallest absolute Gasteiger partial charge is 0.214 e. The molecule has 1 atom stereocenters. The van der Waals surface area contributed by atoms with Gasteiger partial charge in [-0.25, -0.2) is 0 Å². The molecule has 0 aromatic carbocycles. The molecule has 0 saturated heterocycles. The van der Waals surface area contributed by atoms with Crippen molar-refractivity contribution in [2.75, 3.05) is 6.61 Å². The lowest BCUT2D eigenvalue weighted by molar-refractivity contribution is -0.115. The summed E-state index contributed by atoms with van der Waals surface area (Å²) in [7, 11) is 0. The number of nitrogens with two attached hydrogens (primary N) is 1. The minimum absolute atomic E-state index is 0.0810. The molecule has 1 amide bonds. The molecule has 0 saturated carbocycles. The number of amides is 1. The van der Waals surface area contributed by atoms with Gasteiger partial charge in [-0.05, 0) is 13.3 Å². The quantitative estimate of drug-likeness (QED) is 0.482. The summed E-state index contributed by atoms with van der Waals surface area (Å²) >= 11 is 0. The highest BCUT2D eigenvalue weighted by atomic mass is 16.3. The Hall–Kier alpha value is -0.610. The van der Waals surface area contributed by atoms with Gasteiger partial charge in [0.05, 0.1) is 6.10 Å². The lowest BCUT2D eigenvalue weighted by Gasteiger charge is -1.95. The van der Waals surface area contributed by atoms with E-state index in [9.17, 15) is 4.79 Å². The molecule has 0 aromatic heterocycles. The molecule has 4 nitrogen and oxygen atoms in total. The molecular formula is C6H15NO3. The van der Waals surface area contributed by atoms with Gasteiger partial charge >= 0.3 is 0 Å². The van der Waals surface area contributed by atoms with Gasteiger partial charge in [0.2, 0.25) is 5.91 Å². The summed E-state index contributed by atoms with van der Waals surface area (Å²) < 4.78 is 0. The van der Waals surface area contributed by atoms with Gasteiger partial charge in [0, 0.05) is 13.5 Å². The predicted octanol–water partition coefficient (Wildman–Crippen LogP) is -0.759. The predicted molar refractivity (Wildman–Crippen MR) is 38.3 cm³/mol. The van der Waals surface area contributed by atoms with Crippen LogP contribution in [0.5, 0.6) is 0 Å². The largest absolute Gasteiger partial charge is 0.396 e. The van der Waals surface area contributed by atoms with Crippen LogP contribution in [-0.2, 0) is 4.79 Å². The maximum absolute atomic E-state index is 9.22. The monoisotopic (exact) mass is 149 g/mol. The molecule has 0 rings (SSSR count). The third kappa shape index (κ3) is 52.8. The van der Waals surface area contributed by atoms with Crippen LogP contribution in [0, 0.1) is 0 Å². The fourth-order valence-corrected chi connectivity index (χ4v) is 0.187. The molecule has 0 aromatic rings. The van der Waals surface area contributed by atoms with Crippen molar-refractivity contribution >= 4 is 5.91 Å². The van der Waals surface area contributed by atoms with E-state index in [1.807, 2.05) is 0 Å². The first-order valence-corrected chi connectivity index (χ1v) is 3.05. The number of hydrogen-bond donors (Lipinski definition) is 3. The maximum Gasteiger partial charge on any atom is 0.214 e. The van der Waals surface area contributed by atoms with Gasteiger partial charge < -0.3 is 15.9 Å². The van der Waals surface area contributed by atoms with E-state index in [0.29, 0.717) is 6.42 Å². The molecule has 0 aliphatic carbocycles. The Labute approximate surface area is 60.7 Å². The van der Waals surface area contributed by atoms with Gasteiger partial charge in [-0.3, -0.25) is 4.79 Å². The Morgan fingerprint density at radius 2 is 2.00 bits per heavy atom. The average Bonchev–Trinajstić information content (AvgIpc) is 1.62. The zero-order chi connectivity index (χ0) is 8.57. The van der Waals surface area contributed by atoms with Gasteiger partial charge in [-0.15, -0.1) is 0 Å². The van der Waals surface area contributed by atoms with Crippen LogP contribution in [0.2, 0.25) is 0 Å². The Morgan fingerprint density at radius 1 is 1.70 bits per heavy atom. The topological polar surface area (TPSA) is 83.6 Å². The summed E-state index contributed by atoms with van der Waals surface area (Å²) in [5.74, 6) is -0.333. The number of hydrogen-bond acceptors (Lipinski definition) is 3.